The molecule has 0 bridgehead atoms. The number of hydrogen-bond donors (Lipinski definition) is 1. The molecule has 4 heteroatoms. The number of rotatable bonds is 5. The number of nitrogens with one attached hydrogen (secondary N) is 1. The Balaban J connectivity index is 2.74. The lowest BCUT2D eigenvalue weighted by Gasteiger charge is -2.16. The van der Waals surface area contributed by atoms with Crippen molar-refractivity contribution >= 4 is 11.3 Å². The fourth-order valence-electron chi connectivity index (χ4n) is 1.65. The second-order valence-electron chi connectivity index (χ2n) is 5.89. The van der Waals surface area contributed by atoms with Crippen LogP contribution >= 0.6 is 11.3 Å². The zero-order chi connectivity index (χ0) is 13.9. The molecule has 1 heterocycles. The summed E-state index contributed by atoms with van der Waals surface area (Å²) in [7, 11) is 1.74. The van der Waals surface area contributed by atoms with Crippen molar-refractivity contribution in [2.24, 2.45) is 0 Å². The molecular weight excluding hydrogens is 244 g/mol. The van der Waals surface area contributed by atoms with Gasteiger partial charge < -0.3 is 10.1 Å². The van der Waals surface area contributed by atoms with E-state index >= 15 is 0 Å². The van der Waals surface area contributed by atoms with Gasteiger partial charge in [0.15, 0.2) is 0 Å². The lowest BCUT2D eigenvalue weighted by atomic mass is 9.98. The molecule has 0 saturated heterocycles. The molecule has 0 aliphatic rings. The predicted octanol–water partition coefficient (Wildman–Crippen LogP) is 3.43. The monoisotopic (exact) mass is 270 g/mol. The minimum Gasteiger partial charge on any atom is -0.380 e. The van der Waals surface area contributed by atoms with Crippen molar-refractivity contribution < 1.29 is 4.74 Å². The van der Waals surface area contributed by atoms with Gasteiger partial charge in [-0.25, -0.2) is 4.98 Å². The van der Waals surface area contributed by atoms with E-state index in [-0.39, 0.29) is 11.5 Å². The molecule has 0 spiro atoms. The zero-order valence-electron chi connectivity index (χ0n) is 12.6. The minimum absolute atomic E-state index is 0.132. The van der Waals surface area contributed by atoms with Crippen molar-refractivity contribution in [3.8, 4) is 0 Å². The summed E-state index contributed by atoms with van der Waals surface area (Å²) in [5, 5.41) is 4.71. The number of thiazole rings is 1. The fourth-order valence-corrected chi connectivity index (χ4v) is 2.80. The second-order valence-corrected chi connectivity index (χ2v) is 6.93. The van der Waals surface area contributed by atoms with Gasteiger partial charge in [0.1, 0.15) is 0 Å². The van der Waals surface area contributed by atoms with Crippen LogP contribution in [-0.4, -0.2) is 24.7 Å². The number of hydrogen-bond acceptors (Lipinski definition) is 4. The molecule has 2 unspecified atom stereocenters. The quantitative estimate of drug-likeness (QED) is 0.890. The van der Waals surface area contributed by atoms with E-state index in [4.69, 9.17) is 9.72 Å². The molecule has 0 saturated carbocycles. The van der Waals surface area contributed by atoms with E-state index in [9.17, 15) is 0 Å². The SMILES string of the molecule is COC(C)CNC(C)c1sc(C(C)(C)C)nc1C. The van der Waals surface area contributed by atoms with Crippen molar-refractivity contribution in [2.75, 3.05) is 13.7 Å². The second kappa shape index (κ2) is 6.13. The van der Waals surface area contributed by atoms with Gasteiger partial charge in [-0.15, -0.1) is 11.3 Å². The van der Waals surface area contributed by atoms with Crippen molar-refractivity contribution in [3.63, 3.8) is 0 Å². The highest BCUT2D eigenvalue weighted by Gasteiger charge is 2.22. The topological polar surface area (TPSA) is 34.1 Å². The van der Waals surface area contributed by atoms with E-state index in [2.05, 4.69) is 46.9 Å². The average Bonchev–Trinajstić information content (AvgIpc) is 2.67. The molecule has 1 rings (SSSR count). The highest BCUT2D eigenvalue weighted by Crippen LogP contribution is 2.32. The molecule has 104 valence electrons. The van der Waals surface area contributed by atoms with E-state index in [1.165, 1.54) is 9.88 Å². The molecule has 1 aromatic heterocycles. The third-order valence-electron chi connectivity index (χ3n) is 2.98. The lowest BCUT2D eigenvalue weighted by molar-refractivity contribution is 0.115. The van der Waals surface area contributed by atoms with E-state index in [0.717, 1.165) is 12.2 Å². The van der Waals surface area contributed by atoms with E-state index in [0.29, 0.717) is 6.04 Å². The van der Waals surface area contributed by atoms with Crippen molar-refractivity contribution in [2.45, 2.75) is 59.1 Å². The Labute approximate surface area is 115 Å². The molecule has 0 fully saturated rings. The molecule has 0 aromatic carbocycles. The van der Waals surface area contributed by atoms with Crippen molar-refractivity contribution in [3.05, 3.63) is 15.6 Å². The highest BCUT2D eigenvalue weighted by molar-refractivity contribution is 7.12. The Kier molecular flexibility index (Phi) is 5.32. The number of ether oxygens (including phenoxy) is 1. The maximum absolute atomic E-state index is 5.25. The largest absolute Gasteiger partial charge is 0.380 e. The number of aromatic nitrogens is 1. The summed E-state index contributed by atoms with van der Waals surface area (Å²) in [4.78, 5) is 6.03. The third-order valence-corrected chi connectivity index (χ3v) is 4.75. The zero-order valence-corrected chi connectivity index (χ0v) is 13.4. The van der Waals surface area contributed by atoms with Gasteiger partial charge in [0, 0.05) is 30.0 Å². The van der Waals surface area contributed by atoms with E-state index in [1.807, 2.05) is 11.3 Å². The van der Waals surface area contributed by atoms with Crippen LogP contribution in [0.4, 0.5) is 0 Å². The van der Waals surface area contributed by atoms with Gasteiger partial charge in [0.25, 0.3) is 0 Å². The van der Waals surface area contributed by atoms with Gasteiger partial charge in [-0.2, -0.15) is 0 Å². The van der Waals surface area contributed by atoms with Crippen LogP contribution in [0, 0.1) is 6.92 Å². The summed E-state index contributed by atoms with van der Waals surface area (Å²) in [5.41, 5.74) is 1.28. The van der Waals surface area contributed by atoms with Gasteiger partial charge in [-0.05, 0) is 20.8 Å². The number of nitrogens with zero attached hydrogens (tertiary/aromatic N) is 1. The Morgan fingerprint density at radius 1 is 1.33 bits per heavy atom. The molecule has 0 amide bonds. The maximum atomic E-state index is 5.25. The minimum atomic E-state index is 0.132. The molecule has 0 aliphatic carbocycles. The first-order chi connectivity index (χ1) is 8.25. The Hall–Kier alpha value is -0.450. The molecule has 2 atom stereocenters. The van der Waals surface area contributed by atoms with Crippen LogP contribution < -0.4 is 5.32 Å². The third kappa shape index (κ3) is 4.04. The Morgan fingerprint density at radius 2 is 1.94 bits per heavy atom. The van der Waals surface area contributed by atoms with E-state index < -0.39 is 0 Å². The first-order valence-electron chi connectivity index (χ1n) is 6.49. The highest BCUT2D eigenvalue weighted by atomic mass is 32.1. The van der Waals surface area contributed by atoms with Crippen LogP contribution in [0.3, 0.4) is 0 Å². The van der Waals surface area contributed by atoms with Crippen LogP contribution in [-0.2, 0) is 10.2 Å². The number of methoxy groups -OCH3 is 1. The summed E-state index contributed by atoms with van der Waals surface area (Å²) in [6.45, 7) is 13.8. The smallest absolute Gasteiger partial charge is 0.0985 e. The number of aryl methyl sites for hydroxylation is 1. The summed E-state index contributed by atoms with van der Waals surface area (Å²) < 4.78 is 5.25. The van der Waals surface area contributed by atoms with Gasteiger partial charge in [0.2, 0.25) is 0 Å². The van der Waals surface area contributed by atoms with Crippen molar-refractivity contribution in [1.29, 1.82) is 0 Å². The molecule has 0 aliphatic heterocycles. The molecule has 18 heavy (non-hydrogen) atoms. The van der Waals surface area contributed by atoms with Gasteiger partial charge in [-0.1, -0.05) is 20.8 Å². The Bertz CT molecular complexity index is 382. The maximum Gasteiger partial charge on any atom is 0.0985 e. The summed E-state index contributed by atoms with van der Waals surface area (Å²) in [5.74, 6) is 0. The van der Waals surface area contributed by atoms with Crippen molar-refractivity contribution in [1.82, 2.24) is 10.3 Å². The molecule has 3 nitrogen and oxygen atoms in total. The molecular formula is C14H26N2OS. The van der Waals surface area contributed by atoms with Gasteiger partial charge in [0.05, 0.1) is 16.8 Å². The molecule has 1 N–H and O–H groups in total. The molecule has 0 radical (unpaired) electrons. The lowest BCUT2D eigenvalue weighted by Crippen LogP contribution is -2.28. The van der Waals surface area contributed by atoms with Gasteiger partial charge in [-0.3, -0.25) is 0 Å². The fraction of sp³-hybridized carbons (Fsp3) is 0.786. The average molecular weight is 270 g/mol. The van der Waals surface area contributed by atoms with Crippen LogP contribution in [0.2, 0.25) is 0 Å². The van der Waals surface area contributed by atoms with Crippen LogP contribution in [0.25, 0.3) is 0 Å². The normalized spacial score (nSPS) is 15.7. The predicted molar refractivity (Wildman–Crippen MR) is 78.4 cm³/mol. The summed E-state index contributed by atoms with van der Waals surface area (Å²) in [6.07, 6.45) is 0.239. The molecule has 1 aromatic rings. The standard InChI is InChI=1S/C14H26N2OS/c1-9(17-7)8-15-10(2)12-11(3)16-13(18-12)14(4,5)6/h9-10,15H,8H2,1-7H3. The first kappa shape index (κ1) is 15.6. The Morgan fingerprint density at radius 3 is 2.39 bits per heavy atom. The van der Waals surface area contributed by atoms with E-state index in [1.54, 1.807) is 7.11 Å². The summed E-state index contributed by atoms with van der Waals surface area (Å²) in [6, 6.07) is 0.330. The van der Waals surface area contributed by atoms with Crippen LogP contribution in [0.15, 0.2) is 0 Å². The van der Waals surface area contributed by atoms with Gasteiger partial charge >= 0.3 is 0 Å². The summed E-state index contributed by atoms with van der Waals surface area (Å²) >= 11 is 1.82. The van der Waals surface area contributed by atoms with Crippen LogP contribution in [0.1, 0.15) is 56.2 Å². The first-order valence-corrected chi connectivity index (χ1v) is 7.31. The van der Waals surface area contributed by atoms with Crippen LogP contribution in [0.5, 0.6) is 0 Å².